The zero-order valence-electron chi connectivity index (χ0n) is 15.4. The highest BCUT2D eigenvalue weighted by Gasteiger charge is 2.14. The van der Waals surface area contributed by atoms with E-state index < -0.39 is 11.9 Å². The van der Waals surface area contributed by atoms with Crippen LogP contribution in [-0.2, 0) is 9.53 Å². The lowest BCUT2D eigenvalue weighted by molar-refractivity contribution is -0.139. The highest BCUT2D eigenvalue weighted by atomic mass is 32.1. The number of carbonyl (C=O) groups excluding carboxylic acids is 3. The van der Waals surface area contributed by atoms with Crippen LogP contribution in [0.15, 0.2) is 60.7 Å². The summed E-state index contributed by atoms with van der Waals surface area (Å²) in [5.41, 5.74) is 1.13. The molecule has 3 rings (SSSR count). The van der Waals surface area contributed by atoms with Crippen LogP contribution < -0.4 is 10.6 Å². The molecule has 0 aliphatic carbocycles. The predicted octanol–water partition coefficient (Wildman–Crippen LogP) is 3.71. The van der Waals surface area contributed by atoms with Crippen molar-refractivity contribution >= 4 is 34.8 Å². The van der Waals surface area contributed by atoms with Gasteiger partial charge in [-0.2, -0.15) is 0 Å². The lowest BCUT2D eigenvalue weighted by atomic mass is 10.2. The van der Waals surface area contributed by atoms with Gasteiger partial charge >= 0.3 is 5.97 Å². The molecule has 1 heterocycles. The van der Waals surface area contributed by atoms with Gasteiger partial charge < -0.3 is 15.4 Å². The van der Waals surface area contributed by atoms with Gasteiger partial charge in [0.05, 0.1) is 12.0 Å². The molecule has 148 valence electrons. The molecule has 0 aliphatic heterocycles. The Balaban J connectivity index is 1.69. The number of hydrogen-bond donors (Lipinski definition) is 2. The van der Waals surface area contributed by atoms with Gasteiger partial charge in [-0.1, -0.05) is 24.3 Å². The van der Waals surface area contributed by atoms with Crippen molar-refractivity contribution in [2.45, 2.75) is 0 Å². The summed E-state index contributed by atoms with van der Waals surface area (Å²) in [4.78, 5) is 36.8. The van der Waals surface area contributed by atoms with Crippen LogP contribution in [0.2, 0.25) is 0 Å². The summed E-state index contributed by atoms with van der Waals surface area (Å²) in [5, 5.41) is 5.14. The van der Waals surface area contributed by atoms with Gasteiger partial charge in [0.15, 0.2) is 0 Å². The smallest absolute Gasteiger partial charge is 0.325 e. The van der Waals surface area contributed by atoms with Crippen molar-refractivity contribution in [2.24, 2.45) is 0 Å². The number of rotatable bonds is 6. The largest absolute Gasteiger partial charge is 0.468 e. The second-order valence-electron chi connectivity index (χ2n) is 5.94. The Morgan fingerprint density at radius 3 is 2.55 bits per heavy atom. The van der Waals surface area contributed by atoms with Gasteiger partial charge in [0.1, 0.15) is 12.4 Å². The van der Waals surface area contributed by atoms with Gasteiger partial charge in [-0.25, -0.2) is 4.39 Å². The summed E-state index contributed by atoms with van der Waals surface area (Å²) in [5.74, 6) is -1.76. The highest BCUT2D eigenvalue weighted by Crippen LogP contribution is 2.30. The van der Waals surface area contributed by atoms with E-state index in [2.05, 4.69) is 15.4 Å². The number of hydrogen-bond acceptors (Lipinski definition) is 5. The molecule has 1 aromatic heterocycles. The summed E-state index contributed by atoms with van der Waals surface area (Å²) in [6.45, 7) is -0.250. The number of thiophene rings is 1. The normalized spacial score (nSPS) is 10.3. The van der Waals surface area contributed by atoms with Crippen LogP contribution in [-0.4, -0.2) is 31.4 Å². The fourth-order valence-corrected chi connectivity index (χ4v) is 3.45. The van der Waals surface area contributed by atoms with E-state index in [1.54, 1.807) is 48.5 Å². The minimum absolute atomic E-state index is 0.250. The Hall–Kier alpha value is -3.52. The maximum absolute atomic E-state index is 13.9. The van der Waals surface area contributed by atoms with E-state index in [1.165, 1.54) is 30.6 Å². The summed E-state index contributed by atoms with van der Waals surface area (Å²) < 4.78 is 18.4. The minimum atomic E-state index is -0.564. The third-order valence-electron chi connectivity index (χ3n) is 3.97. The number of amides is 2. The quantitative estimate of drug-likeness (QED) is 0.605. The summed E-state index contributed by atoms with van der Waals surface area (Å²) >= 11 is 1.17. The second kappa shape index (κ2) is 9.11. The first-order valence-electron chi connectivity index (χ1n) is 8.59. The Kier molecular flexibility index (Phi) is 6.36. The molecular formula is C21H17FN2O4S. The van der Waals surface area contributed by atoms with E-state index in [4.69, 9.17) is 0 Å². The lowest BCUT2D eigenvalue weighted by Crippen LogP contribution is -2.30. The van der Waals surface area contributed by atoms with E-state index in [1.807, 2.05) is 0 Å². The van der Waals surface area contributed by atoms with Gasteiger partial charge in [0.25, 0.3) is 11.8 Å². The zero-order valence-corrected chi connectivity index (χ0v) is 16.2. The average Bonchev–Trinajstić information content (AvgIpc) is 3.22. The standard InChI is InChI=1S/C21H17FN2O4S/c1-28-19(25)12-23-20(26)13-5-4-6-14(11-13)24-21(27)18-10-9-17(29-18)15-7-2-3-8-16(15)22/h2-11H,12H2,1H3,(H,23,26)(H,24,27). The van der Waals surface area contributed by atoms with Crippen LogP contribution in [0.25, 0.3) is 10.4 Å². The van der Waals surface area contributed by atoms with Crippen LogP contribution in [0.4, 0.5) is 10.1 Å². The van der Waals surface area contributed by atoms with Crippen LogP contribution >= 0.6 is 11.3 Å². The molecule has 0 radical (unpaired) electrons. The molecule has 8 heteroatoms. The molecule has 0 atom stereocenters. The first-order chi connectivity index (χ1) is 14.0. The monoisotopic (exact) mass is 412 g/mol. The fraction of sp³-hybridized carbons (Fsp3) is 0.0952. The zero-order chi connectivity index (χ0) is 20.8. The SMILES string of the molecule is COC(=O)CNC(=O)c1cccc(NC(=O)c2ccc(-c3ccccc3F)s2)c1. The van der Waals surface area contributed by atoms with Gasteiger partial charge in [0.2, 0.25) is 0 Å². The molecular weight excluding hydrogens is 395 g/mol. The third-order valence-corrected chi connectivity index (χ3v) is 5.09. The maximum Gasteiger partial charge on any atom is 0.325 e. The number of halogens is 1. The van der Waals surface area contributed by atoms with E-state index in [0.29, 0.717) is 21.0 Å². The molecule has 0 fully saturated rings. The topological polar surface area (TPSA) is 84.5 Å². The number of nitrogens with one attached hydrogen (secondary N) is 2. The van der Waals surface area contributed by atoms with Crippen LogP contribution in [0.3, 0.4) is 0 Å². The van der Waals surface area contributed by atoms with Gasteiger partial charge in [0, 0.05) is 21.7 Å². The van der Waals surface area contributed by atoms with Crippen molar-refractivity contribution in [3.05, 3.63) is 76.9 Å². The maximum atomic E-state index is 13.9. The van der Waals surface area contributed by atoms with Crippen molar-refractivity contribution in [3.8, 4) is 10.4 Å². The molecule has 2 amide bonds. The fourth-order valence-electron chi connectivity index (χ4n) is 2.52. The van der Waals surface area contributed by atoms with E-state index in [9.17, 15) is 18.8 Å². The molecule has 0 saturated heterocycles. The van der Waals surface area contributed by atoms with Crippen molar-refractivity contribution in [1.82, 2.24) is 5.32 Å². The Labute approximate surface area is 170 Å². The van der Waals surface area contributed by atoms with Crippen LogP contribution in [0, 0.1) is 5.82 Å². The molecule has 2 aromatic carbocycles. The molecule has 6 nitrogen and oxygen atoms in total. The van der Waals surface area contributed by atoms with Gasteiger partial charge in [-0.3, -0.25) is 14.4 Å². The molecule has 0 bridgehead atoms. The van der Waals surface area contributed by atoms with Crippen molar-refractivity contribution in [1.29, 1.82) is 0 Å². The number of esters is 1. The van der Waals surface area contributed by atoms with Crippen molar-refractivity contribution in [3.63, 3.8) is 0 Å². The molecule has 29 heavy (non-hydrogen) atoms. The molecule has 3 aromatic rings. The highest BCUT2D eigenvalue weighted by molar-refractivity contribution is 7.17. The third kappa shape index (κ3) is 5.05. The predicted molar refractivity (Wildman–Crippen MR) is 108 cm³/mol. The number of benzene rings is 2. The first kappa shape index (κ1) is 20.2. The van der Waals surface area contributed by atoms with Gasteiger partial charge in [-0.05, 0) is 36.4 Å². The Morgan fingerprint density at radius 2 is 1.79 bits per heavy atom. The molecule has 0 spiro atoms. The summed E-state index contributed by atoms with van der Waals surface area (Å²) in [6, 6.07) is 16.0. The molecule has 2 N–H and O–H groups in total. The summed E-state index contributed by atoms with van der Waals surface area (Å²) in [6.07, 6.45) is 0. The number of anilines is 1. The Bertz CT molecular complexity index is 1060. The molecule has 0 unspecified atom stereocenters. The average molecular weight is 412 g/mol. The number of ether oxygens (including phenoxy) is 1. The van der Waals surface area contributed by atoms with E-state index >= 15 is 0 Å². The van der Waals surface area contributed by atoms with Crippen LogP contribution in [0.5, 0.6) is 0 Å². The first-order valence-corrected chi connectivity index (χ1v) is 9.40. The lowest BCUT2D eigenvalue weighted by Gasteiger charge is -2.07. The number of methoxy groups -OCH3 is 1. The second-order valence-corrected chi connectivity index (χ2v) is 7.02. The van der Waals surface area contributed by atoms with Gasteiger partial charge in [-0.15, -0.1) is 11.3 Å². The molecule has 0 saturated carbocycles. The van der Waals surface area contributed by atoms with Crippen molar-refractivity contribution in [2.75, 3.05) is 19.0 Å². The molecule has 0 aliphatic rings. The number of carbonyl (C=O) groups is 3. The van der Waals surface area contributed by atoms with Crippen LogP contribution in [0.1, 0.15) is 20.0 Å². The van der Waals surface area contributed by atoms with E-state index in [0.717, 1.165) is 0 Å². The van der Waals surface area contributed by atoms with E-state index in [-0.39, 0.29) is 23.8 Å². The van der Waals surface area contributed by atoms with Crippen molar-refractivity contribution < 1.29 is 23.5 Å². The summed E-state index contributed by atoms with van der Waals surface area (Å²) in [7, 11) is 1.23. The minimum Gasteiger partial charge on any atom is -0.468 e. The Morgan fingerprint density at radius 1 is 1.00 bits per heavy atom.